The van der Waals surface area contributed by atoms with Crippen LogP contribution in [0.3, 0.4) is 0 Å². The third-order valence-corrected chi connectivity index (χ3v) is 6.83. The number of thiazole rings is 1. The van der Waals surface area contributed by atoms with E-state index >= 15 is 0 Å². The van der Waals surface area contributed by atoms with Crippen LogP contribution in [0.25, 0.3) is 10.2 Å². The van der Waals surface area contributed by atoms with Gasteiger partial charge in [-0.25, -0.2) is 4.98 Å². The molecule has 2 fully saturated rings. The van der Waals surface area contributed by atoms with Crippen molar-refractivity contribution in [1.29, 1.82) is 0 Å². The number of fused-ring (bicyclic) bond motifs is 1. The second-order valence-electron chi connectivity index (χ2n) is 7.97. The topological polar surface area (TPSA) is 65.5 Å². The molecule has 3 aromatic rings. The molecule has 30 heavy (non-hydrogen) atoms. The van der Waals surface area contributed by atoms with Crippen LogP contribution < -0.4 is 9.80 Å². The van der Waals surface area contributed by atoms with Crippen molar-refractivity contribution in [2.75, 3.05) is 49.1 Å². The van der Waals surface area contributed by atoms with E-state index in [2.05, 4.69) is 37.1 Å². The van der Waals surface area contributed by atoms with Gasteiger partial charge in [-0.1, -0.05) is 12.8 Å². The zero-order chi connectivity index (χ0) is 20.3. The van der Waals surface area contributed by atoms with Crippen molar-refractivity contribution in [3.63, 3.8) is 0 Å². The highest BCUT2D eigenvalue weighted by Crippen LogP contribution is 2.22. The molecule has 2 saturated heterocycles. The van der Waals surface area contributed by atoms with Gasteiger partial charge in [-0.3, -0.25) is 4.79 Å². The summed E-state index contributed by atoms with van der Waals surface area (Å²) in [5.74, 6) is 1.97. The molecule has 7 nitrogen and oxygen atoms in total. The standard InChI is InChI=1S/C22H26N6OS/c29-22(17-5-6-18-19(15-17)30-16-23-18)28-13-11-27(12-14-28)21-8-7-20(24-25-21)26-9-3-1-2-4-10-26/h5-8,15-16H,1-4,9-14H2. The van der Waals surface area contributed by atoms with Crippen molar-refractivity contribution in [2.45, 2.75) is 25.7 Å². The highest BCUT2D eigenvalue weighted by molar-refractivity contribution is 7.16. The number of benzene rings is 1. The van der Waals surface area contributed by atoms with E-state index in [1.807, 2.05) is 28.6 Å². The van der Waals surface area contributed by atoms with Crippen LogP contribution in [0.4, 0.5) is 11.6 Å². The van der Waals surface area contributed by atoms with E-state index in [1.165, 1.54) is 25.7 Å². The molecule has 2 aliphatic rings. The molecular weight excluding hydrogens is 396 g/mol. The number of hydrogen-bond donors (Lipinski definition) is 0. The Labute approximate surface area is 180 Å². The van der Waals surface area contributed by atoms with Crippen molar-refractivity contribution < 1.29 is 4.79 Å². The summed E-state index contributed by atoms with van der Waals surface area (Å²) in [4.78, 5) is 23.7. The normalized spacial score (nSPS) is 17.9. The maximum Gasteiger partial charge on any atom is 0.254 e. The van der Waals surface area contributed by atoms with Crippen LogP contribution in [0.5, 0.6) is 0 Å². The van der Waals surface area contributed by atoms with Crippen molar-refractivity contribution in [3.8, 4) is 0 Å². The molecule has 156 valence electrons. The largest absolute Gasteiger partial charge is 0.355 e. The Bertz CT molecular complexity index is 1000. The predicted molar refractivity (Wildman–Crippen MR) is 120 cm³/mol. The summed E-state index contributed by atoms with van der Waals surface area (Å²) in [6.07, 6.45) is 5.08. The second kappa shape index (κ2) is 8.55. The Hall–Kier alpha value is -2.74. The number of nitrogens with zero attached hydrogens (tertiary/aromatic N) is 6. The highest BCUT2D eigenvalue weighted by atomic mass is 32.1. The molecule has 0 atom stereocenters. The lowest BCUT2D eigenvalue weighted by Gasteiger charge is -2.35. The van der Waals surface area contributed by atoms with Gasteiger partial charge in [-0.2, -0.15) is 0 Å². The maximum atomic E-state index is 12.9. The first-order chi connectivity index (χ1) is 14.8. The zero-order valence-electron chi connectivity index (χ0n) is 17.0. The van der Waals surface area contributed by atoms with Gasteiger partial charge >= 0.3 is 0 Å². The lowest BCUT2D eigenvalue weighted by atomic mass is 10.1. The number of rotatable bonds is 3. The molecule has 0 aliphatic carbocycles. The lowest BCUT2D eigenvalue weighted by molar-refractivity contribution is 0.0746. The van der Waals surface area contributed by atoms with E-state index in [1.54, 1.807) is 11.3 Å². The molecule has 4 heterocycles. The number of anilines is 2. The Morgan fingerprint density at radius 1 is 0.800 bits per heavy atom. The fourth-order valence-electron chi connectivity index (χ4n) is 4.26. The van der Waals surface area contributed by atoms with Crippen molar-refractivity contribution in [1.82, 2.24) is 20.1 Å². The first-order valence-electron chi connectivity index (χ1n) is 10.7. The lowest BCUT2D eigenvalue weighted by Crippen LogP contribution is -2.49. The van der Waals surface area contributed by atoms with Crippen LogP contribution in [0.2, 0.25) is 0 Å². The fraction of sp³-hybridized carbons (Fsp3) is 0.455. The van der Waals surface area contributed by atoms with Gasteiger partial charge in [0.2, 0.25) is 0 Å². The molecule has 0 N–H and O–H groups in total. The first-order valence-corrected chi connectivity index (χ1v) is 11.6. The van der Waals surface area contributed by atoms with Gasteiger partial charge < -0.3 is 14.7 Å². The highest BCUT2D eigenvalue weighted by Gasteiger charge is 2.23. The Balaban J connectivity index is 1.20. The van der Waals surface area contributed by atoms with Gasteiger partial charge in [0.25, 0.3) is 5.91 Å². The summed E-state index contributed by atoms with van der Waals surface area (Å²) in [5.41, 5.74) is 3.50. The molecule has 0 spiro atoms. The second-order valence-corrected chi connectivity index (χ2v) is 8.85. The summed E-state index contributed by atoms with van der Waals surface area (Å²) < 4.78 is 1.05. The Kier molecular flexibility index (Phi) is 5.48. The summed E-state index contributed by atoms with van der Waals surface area (Å²) in [7, 11) is 0. The van der Waals surface area contributed by atoms with Crippen LogP contribution in [0.1, 0.15) is 36.0 Å². The molecule has 1 amide bonds. The number of amides is 1. The summed E-state index contributed by atoms with van der Waals surface area (Å²) in [5, 5.41) is 8.98. The van der Waals surface area contributed by atoms with Gasteiger partial charge in [0.1, 0.15) is 0 Å². The van der Waals surface area contributed by atoms with Gasteiger partial charge in [0.05, 0.1) is 15.7 Å². The van der Waals surface area contributed by atoms with Crippen molar-refractivity contribution >= 4 is 39.1 Å². The van der Waals surface area contributed by atoms with Crippen LogP contribution in [-0.4, -0.2) is 65.3 Å². The quantitative estimate of drug-likeness (QED) is 0.644. The van der Waals surface area contributed by atoms with Crippen LogP contribution in [0, 0.1) is 0 Å². The summed E-state index contributed by atoms with van der Waals surface area (Å²) in [6.45, 7) is 5.06. The van der Waals surface area contributed by atoms with Crippen LogP contribution >= 0.6 is 11.3 Å². The average molecular weight is 423 g/mol. The van der Waals surface area contributed by atoms with Crippen LogP contribution in [-0.2, 0) is 0 Å². The molecule has 0 bridgehead atoms. The maximum absolute atomic E-state index is 12.9. The smallest absolute Gasteiger partial charge is 0.254 e. The summed E-state index contributed by atoms with van der Waals surface area (Å²) >= 11 is 1.57. The fourth-order valence-corrected chi connectivity index (χ4v) is 4.98. The number of carbonyl (C=O) groups excluding carboxylic acids is 1. The number of aromatic nitrogens is 3. The molecule has 1 aromatic carbocycles. The molecule has 5 rings (SSSR count). The summed E-state index contributed by atoms with van der Waals surface area (Å²) in [6, 6.07) is 9.92. The number of carbonyl (C=O) groups is 1. The van der Waals surface area contributed by atoms with Gasteiger partial charge in [0.15, 0.2) is 11.6 Å². The molecular formula is C22H26N6OS. The molecule has 0 unspecified atom stereocenters. The molecule has 0 saturated carbocycles. The van der Waals surface area contributed by atoms with Crippen LogP contribution in [0.15, 0.2) is 35.8 Å². The first kappa shape index (κ1) is 19.2. The van der Waals surface area contributed by atoms with E-state index in [0.717, 1.165) is 53.6 Å². The van der Waals surface area contributed by atoms with Crippen molar-refractivity contribution in [2.24, 2.45) is 0 Å². The molecule has 0 radical (unpaired) electrons. The number of hydrogen-bond acceptors (Lipinski definition) is 7. The number of piperazine rings is 1. The van der Waals surface area contributed by atoms with E-state index in [4.69, 9.17) is 0 Å². The Morgan fingerprint density at radius 3 is 2.13 bits per heavy atom. The van der Waals surface area contributed by atoms with E-state index in [9.17, 15) is 4.79 Å². The third kappa shape index (κ3) is 3.96. The van der Waals surface area contributed by atoms with E-state index in [0.29, 0.717) is 13.1 Å². The van der Waals surface area contributed by atoms with Gasteiger partial charge in [0, 0.05) is 44.8 Å². The molecule has 2 aromatic heterocycles. The molecule has 2 aliphatic heterocycles. The van der Waals surface area contributed by atoms with E-state index < -0.39 is 0 Å². The van der Waals surface area contributed by atoms with Gasteiger partial charge in [-0.15, -0.1) is 21.5 Å². The van der Waals surface area contributed by atoms with Crippen molar-refractivity contribution in [3.05, 3.63) is 41.4 Å². The van der Waals surface area contributed by atoms with E-state index in [-0.39, 0.29) is 5.91 Å². The minimum absolute atomic E-state index is 0.0903. The predicted octanol–water partition coefficient (Wildman–Crippen LogP) is 3.43. The monoisotopic (exact) mass is 422 g/mol. The Morgan fingerprint density at radius 2 is 1.47 bits per heavy atom. The average Bonchev–Trinajstić information content (AvgIpc) is 3.11. The SMILES string of the molecule is O=C(c1ccc2ncsc2c1)N1CCN(c2ccc(N3CCCCCC3)nn2)CC1. The molecule has 8 heteroatoms. The third-order valence-electron chi connectivity index (χ3n) is 6.04. The minimum atomic E-state index is 0.0903. The zero-order valence-corrected chi connectivity index (χ0v) is 17.9. The van der Waals surface area contributed by atoms with Gasteiger partial charge in [-0.05, 0) is 43.2 Å². The minimum Gasteiger partial charge on any atom is -0.355 e.